The van der Waals surface area contributed by atoms with E-state index in [0.29, 0.717) is 15.6 Å². The summed E-state index contributed by atoms with van der Waals surface area (Å²) < 4.78 is 0. The highest BCUT2D eigenvalue weighted by atomic mass is 35.5. The fourth-order valence-corrected chi connectivity index (χ4v) is 2.48. The van der Waals surface area contributed by atoms with E-state index in [1.807, 2.05) is 0 Å². The maximum absolute atomic E-state index is 12.0. The predicted molar refractivity (Wildman–Crippen MR) is 69.5 cm³/mol. The van der Waals surface area contributed by atoms with Crippen LogP contribution in [0.5, 0.6) is 0 Å². The Labute approximate surface area is 110 Å². The van der Waals surface area contributed by atoms with Gasteiger partial charge in [-0.05, 0) is 31.4 Å². The van der Waals surface area contributed by atoms with Gasteiger partial charge in [-0.15, -0.1) is 0 Å². The molecule has 1 fully saturated rings. The first-order valence-electron chi connectivity index (χ1n) is 5.60. The standard InChI is InChI=1S/C12H14Cl2N2O/c13-8-4-1-3-7(11(8)14)12(17)16-10-6-2-5-9(10)15/h1,3-4,9-10H,2,5-6,15H2,(H,16,17). The Morgan fingerprint density at radius 1 is 1.35 bits per heavy atom. The van der Waals surface area contributed by atoms with Gasteiger partial charge in [0.2, 0.25) is 0 Å². The Kier molecular flexibility index (Phi) is 3.92. The van der Waals surface area contributed by atoms with Crippen molar-refractivity contribution in [1.82, 2.24) is 5.32 Å². The zero-order valence-electron chi connectivity index (χ0n) is 9.25. The number of nitrogens with two attached hydrogens (primary N) is 1. The van der Waals surface area contributed by atoms with E-state index in [-0.39, 0.29) is 18.0 Å². The smallest absolute Gasteiger partial charge is 0.253 e. The minimum atomic E-state index is -0.208. The van der Waals surface area contributed by atoms with E-state index in [1.54, 1.807) is 18.2 Å². The van der Waals surface area contributed by atoms with Crippen LogP contribution in [0.25, 0.3) is 0 Å². The molecule has 2 atom stereocenters. The highest BCUT2D eigenvalue weighted by Crippen LogP contribution is 2.26. The van der Waals surface area contributed by atoms with Crippen molar-refractivity contribution in [3.8, 4) is 0 Å². The molecular weight excluding hydrogens is 259 g/mol. The van der Waals surface area contributed by atoms with Crippen molar-refractivity contribution in [2.45, 2.75) is 31.3 Å². The van der Waals surface area contributed by atoms with Gasteiger partial charge in [0.1, 0.15) is 0 Å². The lowest BCUT2D eigenvalue weighted by Gasteiger charge is -2.17. The van der Waals surface area contributed by atoms with E-state index in [2.05, 4.69) is 5.32 Å². The van der Waals surface area contributed by atoms with E-state index >= 15 is 0 Å². The molecule has 3 nitrogen and oxygen atoms in total. The highest BCUT2D eigenvalue weighted by Gasteiger charge is 2.26. The van der Waals surface area contributed by atoms with Gasteiger partial charge in [0.25, 0.3) is 5.91 Å². The fraction of sp³-hybridized carbons (Fsp3) is 0.417. The predicted octanol–water partition coefficient (Wildman–Crippen LogP) is 2.60. The molecule has 2 rings (SSSR count). The molecule has 3 N–H and O–H groups in total. The summed E-state index contributed by atoms with van der Waals surface area (Å²) in [5, 5.41) is 3.58. The molecular formula is C12H14Cl2N2O. The van der Waals surface area contributed by atoms with Crippen LogP contribution in [-0.4, -0.2) is 18.0 Å². The average Bonchev–Trinajstić information content (AvgIpc) is 2.68. The number of benzene rings is 1. The molecule has 1 aromatic carbocycles. The van der Waals surface area contributed by atoms with Crippen LogP contribution in [-0.2, 0) is 0 Å². The lowest BCUT2D eigenvalue weighted by atomic mass is 10.1. The van der Waals surface area contributed by atoms with Crippen LogP contribution >= 0.6 is 23.2 Å². The molecule has 1 aromatic rings. The van der Waals surface area contributed by atoms with Crippen molar-refractivity contribution in [2.24, 2.45) is 5.73 Å². The Morgan fingerprint density at radius 3 is 2.76 bits per heavy atom. The lowest BCUT2D eigenvalue weighted by Crippen LogP contribution is -2.44. The first kappa shape index (κ1) is 12.7. The molecule has 0 aromatic heterocycles. The summed E-state index contributed by atoms with van der Waals surface area (Å²) in [6, 6.07) is 5.10. The molecule has 0 spiro atoms. The molecule has 1 aliphatic rings. The topological polar surface area (TPSA) is 55.1 Å². The molecule has 5 heteroatoms. The Morgan fingerprint density at radius 2 is 2.12 bits per heavy atom. The average molecular weight is 273 g/mol. The van der Waals surface area contributed by atoms with E-state index in [1.165, 1.54) is 0 Å². The quantitative estimate of drug-likeness (QED) is 0.870. The van der Waals surface area contributed by atoms with Gasteiger partial charge >= 0.3 is 0 Å². The highest BCUT2D eigenvalue weighted by molar-refractivity contribution is 6.43. The zero-order valence-corrected chi connectivity index (χ0v) is 10.8. The van der Waals surface area contributed by atoms with Crippen molar-refractivity contribution in [1.29, 1.82) is 0 Å². The van der Waals surface area contributed by atoms with Crippen LogP contribution in [0.4, 0.5) is 0 Å². The van der Waals surface area contributed by atoms with Gasteiger partial charge in [-0.1, -0.05) is 29.3 Å². The number of amides is 1. The number of carbonyl (C=O) groups is 1. The van der Waals surface area contributed by atoms with E-state index < -0.39 is 0 Å². The molecule has 17 heavy (non-hydrogen) atoms. The molecule has 0 saturated heterocycles. The summed E-state index contributed by atoms with van der Waals surface area (Å²) in [5.41, 5.74) is 6.30. The van der Waals surface area contributed by atoms with Crippen molar-refractivity contribution >= 4 is 29.1 Å². The number of nitrogens with one attached hydrogen (secondary N) is 1. The minimum absolute atomic E-state index is 0.0388. The van der Waals surface area contributed by atoms with Crippen LogP contribution in [0.1, 0.15) is 29.6 Å². The maximum Gasteiger partial charge on any atom is 0.253 e. The van der Waals surface area contributed by atoms with Crippen LogP contribution in [0.2, 0.25) is 10.0 Å². The summed E-state index contributed by atoms with van der Waals surface area (Å²) in [5.74, 6) is -0.208. The summed E-state index contributed by atoms with van der Waals surface area (Å²) >= 11 is 11.9. The van der Waals surface area contributed by atoms with E-state index in [0.717, 1.165) is 19.3 Å². The van der Waals surface area contributed by atoms with Gasteiger partial charge in [0.05, 0.1) is 15.6 Å². The summed E-state index contributed by atoms with van der Waals surface area (Å²) in [7, 11) is 0. The molecule has 0 bridgehead atoms. The number of carbonyl (C=O) groups excluding carboxylic acids is 1. The third-order valence-electron chi connectivity index (χ3n) is 3.08. The Balaban J connectivity index is 2.12. The number of rotatable bonds is 2. The Bertz CT molecular complexity index is 437. The molecule has 2 unspecified atom stereocenters. The molecule has 0 aliphatic heterocycles. The van der Waals surface area contributed by atoms with Crippen LogP contribution in [0.15, 0.2) is 18.2 Å². The summed E-state index contributed by atoms with van der Waals surface area (Å²) in [6.07, 6.45) is 2.93. The minimum Gasteiger partial charge on any atom is -0.348 e. The number of hydrogen-bond donors (Lipinski definition) is 2. The second-order valence-corrected chi connectivity index (χ2v) is 5.06. The van der Waals surface area contributed by atoms with E-state index in [9.17, 15) is 4.79 Å². The van der Waals surface area contributed by atoms with Crippen molar-refractivity contribution < 1.29 is 4.79 Å². The van der Waals surface area contributed by atoms with Gasteiger partial charge in [0.15, 0.2) is 0 Å². The SMILES string of the molecule is NC1CCCC1NC(=O)c1cccc(Cl)c1Cl. The first-order valence-corrected chi connectivity index (χ1v) is 6.35. The van der Waals surface area contributed by atoms with Crippen LogP contribution < -0.4 is 11.1 Å². The third-order valence-corrected chi connectivity index (χ3v) is 3.90. The van der Waals surface area contributed by atoms with E-state index in [4.69, 9.17) is 28.9 Å². The fourth-order valence-electron chi connectivity index (χ4n) is 2.09. The number of hydrogen-bond acceptors (Lipinski definition) is 2. The van der Waals surface area contributed by atoms with Crippen LogP contribution in [0, 0.1) is 0 Å². The second-order valence-electron chi connectivity index (χ2n) is 4.28. The van der Waals surface area contributed by atoms with Gasteiger partial charge in [-0.25, -0.2) is 0 Å². The number of halogens is 2. The van der Waals surface area contributed by atoms with Crippen molar-refractivity contribution in [2.75, 3.05) is 0 Å². The summed E-state index contributed by atoms with van der Waals surface area (Å²) in [6.45, 7) is 0. The Hall–Kier alpha value is -0.770. The van der Waals surface area contributed by atoms with Gasteiger partial charge in [-0.2, -0.15) is 0 Å². The van der Waals surface area contributed by atoms with Gasteiger partial charge in [-0.3, -0.25) is 4.79 Å². The lowest BCUT2D eigenvalue weighted by molar-refractivity contribution is 0.0935. The van der Waals surface area contributed by atoms with Gasteiger partial charge < -0.3 is 11.1 Å². The van der Waals surface area contributed by atoms with Crippen LogP contribution in [0.3, 0.4) is 0 Å². The first-order chi connectivity index (χ1) is 8.09. The maximum atomic E-state index is 12.0. The summed E-state index contributed by atoms with van der Waals surface area (Å²) in [4.78, 5) is 12.0. The normalized spacial score (nSPS) is 23.7. The second kappa shape index (κ2) is 5.25. The molecule has 0 radical (unpaired) electrons. The largest absolute Gasteiger partial charge is 0.348 e. The molecule has 1 saturated carbocycles. The molecule has 92 valence electrons. The molecule has 1 amide bonds. The van der Waals surface area contributed by atoms with Gasteiger partial charge in [0, 0.05) is 12.1 Å². The third kappa shape index (κ3) is 2.73. The zero-order chi connectivity index (χ0) is 12.4. The van der Waals surface area contributed by atoms with Crippen molar-refractivity contribution in [3.63, 3.8) is 0 Å². The van der Waals surface area contributed by atoms with Crippen molar-refractivity contribution in [3.05, 3.63) is 33.8 Å². The molecule has 0 heterocycles. The monoisotopic (exact) mass is 272 g/mol. The molecule has 1 aliphatic carbocycles.